The van der Waals surface area contributed by atoms with Gasteiger partial charge in [0.05, 0.1) is 6.61 Å². The Morgan fingerprint density at radius 3 is 2.86 bits per heavy atom. The molecule has 2 N–H and O–H groups in total. The van der Waals surface area contributed by atoms with Gasteiger partial charge in [0, 0.05) is 28.8 Å². The van der Waals surface area contributed by atoms with E-state index in [-0.39, 0.29) is 0 Å². The van der Waals surface area contributed by atoms with Crippen molar-refractivity contribution in [1.29, 1.82) is 0 Å². The molecule has 0 saturated heterocycles. The van der Waals surface area contributed by atoms with Gasteiger partial charge >= 0.3 is 0 Å². The van der Waals surface area contributed by atoms with Gasteiger partial charge in [0.25, 0.3) is 0 Å². The van der Waals surface area contributed by atoms with Crippen LogP contribution >= 0.6 is 11.3 Å². The van der Waals surface area contributed by atoms with Gasteiger partial charge in [-0.05, 0) is 11.5 Å². The average Bonchev–Trinajstić information content (AvgIpc) is 2.58. The molecule has 1 aromatic carbocycles. The Morgan fingerprint density at radius 1 is 1.36 bits per heavy atom. The van der Waals surface area contributed by atoms with E-state index in [1.165, 1.54) is 20.5 Å². The number of ether oxygens (including phenoxy) is 1. The van der Waals surface area contributed by atoms with E-state index in [2.05, 4.69) is 24.3 Å². The maximum Gasteiger partial charge on any atom is 0.0730 e. The lowest BCUT2D eigenvalue weighted by Crippen LogP contribution is -1.98. The first-order valence-electron chi connectivity index (χ1n) is 4.55. The lowest BCUT2D eigenvalue weighted by atomic mass is 10.1. The van der Waals surface area contributed by atoms with Crippen molar-refractivity contribution in [2.24, 2.45) is 5.73 Å². The molecule has 0 aliphatic heterocycles. The molecule has 0 atom stereocenters. The number of thiophene rings is 1. The van der Waals surface area contributed by atoms with E-state index in [0.717, 1.165) is 0 Å². The van der Waals surface area contributed by atoms with Crippen LogP contribution in [-0.2, 0) is 17.9 Å². The molecule has 0 radical (unpaired) electrons. The van der Waals surface area contributed by atoms with Crippen molar-refractivity contribution in [1.82, 2.24) is 0 Å². The van der Waals surface area contributed by atoms with Crippen molar-refractivity contribution in [2.45, 2.75) is 13.2 Å². The number of methoxy groups -OCH3 is 1. The van der Waals surface area contributed by atoms with E-state index in [0.29, 0.717) is 13.2 Å². The topological polar surface area (TPSA) is 35.2 Å². The Labute approximate surface area is 87.3 Å². The zero-order valence-corrected chi connectivity index (χ0v) is 8.93. The number of benzene rings is 1. The number of hydrogen-bond acceptors (Lipinski definition) is 3. The molecule has 2 nitrogen and oxygen atoms in total. The first kappa shape index (κ1) is 9.65. The summed E-state index contributed by atoms with van der Waals surface area (Å²) in [4.78, 5) is 1.23. The fourth-order valence-corrected chi connectivity index (χ4v) is 2.71. The molecule has 3 heteroatoms. The molecular weight excluding hydrogens is 194 g/mol. The third-order valence-corrected chi connectivity index (χ3v) is 3.49. The zero-order valence-electron chi connectivity index (χ0n) is 8.12. The quantitative estimate of drug-likeness (QED) is 0.839. The Hall–Kier alpha value is -0.900. The maximum atomic E-state index is 5.70. The van der Waals surface area contributed by atoms with Crippen LogP contribution in [0.3, 0.4) is 0 Å². The van der Waals surface area contributed by atoms with Crippen molar-refractivity contribution in [3.05, 3.63) is 34.7 Å². The molecule has 1 heterocycles. The summed E-state index contributed by atoms with van der Waals surface area (Å²) in [6.45, 7) is 1.24. The highest BCUT2D eigenvalue weighted by Gasteiger charge is 2.09. The van der Waals surface area contributed by atoms with E-state index >= 15 is 0 Å². The molecule has 74 valence electrons. The van der Waals surface area contributed by atoms with Gasteiger partial charge in [-0.1, -0.05) is 18.2 Å². The Morgan fingerprint density at radius 2 is 2.14 bits per heavy atom. The number of hydrogen-bond donors (Lipinski definition) is 1. The summed E-state index contributed by atoms with van der Waals surface area (Å²) in [6.07, 6.45) is 0. The molecule has 0 spiro atoms. The van der Waals surface area contributed by atoms with Gasteiger partial charge in [-0.2, -0.15) is 0 Å². The number of nitrogens with two attached hydrogens (primary N) is 1. The summed E-state index contributed by atoms with van der Waals surface area (Å²) in [5.41, 5.74) is 6.95. The van der Waals surface area contributed by atoms with Gasteiger partial charge in [0.1, 0.15) is 0 Å². The van der Waals surface area contributed by atoms with Crippen molar-refractivity contribution in [3.8, 4) is 0 Å². The van der Waals surface area contributed by atoms with Crippen molar-refractivity contribution >= 4 is 21.4 Å². The molecular formula is C11H13NOS. The smallest absolute Gasteiger partial charge is 0.0730 e. The van der Waals surface area contributed by atoms with Crippen LogP contribution in [0.5, 0.6) is 0 Å². The van der Waals surface area contributed by atoms with Crippen LogP contribution in [0.1, 0.15) is 10.4 Å². The minimum Gasteiger partial charge on any atom is -0.380 e. The van der Waals surface area contributed by atoms with Crippen molar-refractivity contribution in [3.63, 3.8) is 0 Å². The van der Waals surface area contributed by atoms with Gasteiger partial charge in [-0.15, -0.1) is 11.3 Å². The summed E-state index contributed by atoms with van der Waals surface area (Å²) in [6, 6.07) is 8.35. The molecule has 1 aromatic heterocycles. The molecule has 0 aliphatic carbocycles. The fraction of sp³-hybridized carbons (Fsp3) is 0.273. The standard InChI is InChI=1S/C11H13NOS/c1-13-7-9-8-4-2-3-5-10(8)14-11(9)6-12/h2-5H,6-7,12H2,1H3. The molecule has 14 heavy (non-hydrogen) atoms. The Kier molecular flexibility index (Phi) is 2.82. The monoisotopic (exact) mass is 207 g/mol. The SMILES string of the molecule is COCc1c(CN)sc2ccccc12. The van der Waals surface area contributed by atoms with E-state index in [1.807, 2.05) is 0 Å². The zero-order chi connectivity index (χ0) is 9.97. The van der Waals surface area contributed by atoms with E-state index in [4.69, 9.17) is 10.5 Å². The predicted molar refractivity (Wildman–Crippen MR) is 60.4 cm³/mol. The average molecular weight is 207 g/mol. The second-order valence-electron chi connectivity index (χ2n) is 3.14. The van der Waals surface area contributed by atoms with Gasteiger partial charge < -0.3 is 10.5 Å². The summed E-state index contributed by atoms with van der Waals surface area (Å²) >= 11 is 1.76. The largest absolute Gasteiger partial charge is 0.380 e. The minimum atomic E-state index is 0.595. The molecule has 0 amide bonds. The predicted octanol–water partition coefficient (Wildman–Crippen LogP) is 2.51. The molecule has 0 bridgehead atoms. The van der Waals surface area contributed by atoms with E-state index < -0.39 is 0 Å². The fourth-order valence-electron chi connectivity index (χ4n) is 1.62. The van der Waals surface area contributed by atoms with Gasteiger partial charge in [0.15, 0.2) is 0 Å². The maximum absolute atomic E-state index is 5.70. The second-order valence-corrected chi connectivity index (χ2v) is 4.27. The number of rotatable bonds is 3. The van der Waals surface area contributed by atoms with Gasteiger partial charge in [0.2, 0.25) is 0 Å². The van der Waals surface area contributed by atoms with Crippen LogP contribution in [0.15, 0.2) is 24.3 Å². The first-order chi connectivity index (χ1) is 6.86. The molecule has 2 aromatic rings. The van der Waals surface area contributed by atoms with Crippen LogP contribution in [0, 0.1) is 0 Å². The van der Waals surface area contributed by atoms with Crippen molar-refractivity contribution < 1.29 is 4.74 Å². The lowest BCUT2D eigenvalue weighted by molar-refractivity contribution is 0.185. The normalized spacial score (nSPS) is 11.0. The van der Waals surface area contributed by atoms with E-state index in [9.17, 15) is 0 Å². The van der Waals surface area contributed by atoms with Crippen LogP contribution < -0.4 is 5.73 Å². The van der Waals surface area contributed by atoms with Gasteiger partial charge in [-0.25, -0.2) is 0 Å². The highest BCUT2D eigenvalue weighted by molar-refractivity contribution is 7.19. The van der Waals surface area contributed by atoms with Crippen LogP contribution in [-0.4, -0.2) is 7.11 Å². The highest BCUT2D eigenvalue weighted by atomic mass is 32.1. The molecule has 0 unspecified atom stereocenters. The second kappa shape index (κ2) is 4.09. The first-order valence-corrected chi connectivity index (χ1v) is 5.36. The molecule has 0 aliphatic rings. The van der Waals surface area contributed by atoms with Crippen LogP contribution in [0.2, 0.25) is 0 Å². The number of fused-ring (bicyclic) bond motifs is 1. The third-order valence-electron chi connectivity index (χ3n) is 2.26. The Bertz CT molecular complexity index is 436. The summed E-state index contributed by atoms with van der Waals surface area (Å²) in [7, 11) is 1.72. The van der Waals surface area contributed by atoms with Crippen LogP contribution in [0.4, 0.5) is 0 Å². The van der Waals surface area contributed by atoms with Crippen LogP contribution in [0.25, 0.3) is 10.1 Å². The lowest BCUT2D eigenvalue weighted by Gasteiger charge is -2.00. The van der Waals surface area contributed by atoms with E-state index in [1.54, 1.807) is 18.4 Å². The summed E-state index contributed by atoms with van der Waals surface area (Å²) in [5.74, 6) is 0. The summed E-state index contributed by atoms with van der Waals surface area (Å²) < 4.78 is 6.48. The molecule has 0 fully saturated rings. The summed E-state index contributed by atoms with van der Waals surface area (Å²) in [5, 5.41) is 1.28. The van der Waals surface area contributed by atoms with Gasteiger partial charge in [-0.3, -0.25) is 0 Å². The molecule has 2 rings (SSSR count). The Balaban J connectivity index is 2.61. The molecule has 0 saturated carbocycles. The minimum absolute atomic E-state index is 0.595. The highest BCUT2D eigenvalue weighted by Crippen LogP contribution is 2.31. The third kappa shape index (κ3) is 1.54. The van der Waals surface area contributed by atoms with Crippen molar-refractivity contribution in [2.75, 3.05) is 7.11 Å².